The molecular formula is C17H12N3O4. The van der Waals surface area contributed by atoms with Crippen molar-refractivity contribution in [2.75, 3.05) is 9.80 Å². The number of amides is 4. The van der Waals surface area contributed by atoms with Crippen LogP contribution < -0.4 is 9.80 Å². The van der Waals surface area contributed by atoms with Crippen molar-refractivity contribution < 1.29 is 19.2 Å². The number of barbiturate groups is 1. The number of para-hydroxylation sites is 2. The first kappa shape index (κ1) is 15.4. The smallest absolute Gasteiger partial charge is 0.343 e. The van der Waals surface area contributed by atoms with Crippen molar-refractivity contribution >= 4 is 34.9 Å². The van der Waals surface area contributed by atoms with E-state index in [-0.39, 0.29) is 0 Å². The van der Waals surface area contributed by atoms with Crippen molar-refractivity contribution in [3.63, 3.8) is 0 Å². The van der Waals surface area contributed by atoms with Crippen molar-refractivity contribution in [3.8, 4) is 0 Å². The lowest BCUT2D eigenvalue weighted by Crippen LogP contribution is -2.61. The molecule has 24 heavy (non-hydrogen) atoms. The number of hydrogen-bond acceptors (Lipinski definition) is 5. The van der Waals surface area contributed by atoms with Crippen LogP contribution in [0.5, 0.6) is 0 Å². The number of carbonyl (C=O) groups excluding carboxylic acids is 3. The summed E-state index contributed by atoms with van der Waals surface area (Å²) < 4.78 is 0. The maximum Gasteiger partial charge on any atom is 0.343 e. The summed E-state index contributed by atoms with van der Waals surface area (Å²) >= 11 is 0. The van der Waals surface area contributed by atoms with E-state index in [1.54, 1.807) is 60.7 Å². The number of rotatable bonds is 3. The highest BCUT2D eigenvalue weighted by Crippen LogP contribution is 2.25. The number of urea groups is 1. The monoisotopic (exact) mass is 322 g/mol. The van der Waals surface area contributed by atoms with Gasteiger partial charge in [0.1, 0.15) is 0 Å². The molecule has 7 nitrogen and oxygen atoms in total. The molecule has 7 heteroatoms. The summed E-state index contributed by atoms with van der Waals surface area (Å²) in [5.74, 6) is -1.74. The maximum atomic E-state index is 12.8. The second-order valence-electron chi connectivity index (χ2n) is 4.80. The van der Waals surface area contributed by atoms with Gasteiger partial charge in [-0.25, -0.2) is 14.6 Å². The van der Waals surface area contributed by atoms with Crippen LogP contribution in [0.1, 0.15) is 0 Å². The molecule has 1 heterocycles. The quantitative estimate of drug-likeness (QED) is 0.813. The molecule has 2 aromatic rings. The molecule has 0 saturated carbocycles. The number of imide groups is 2. The Kier molecular flexibility index (Phi) is 4.07. The molecule has 1 aliphatic rings. The van der Waals surface area contributed by atoms with Gasteiger partial charge in [-0.05, 0) is 24.3 Å². The first-order valence-electron chi connectivity index (χ1n) is 6.97. The van der Waals surface area contributed by atoms with E-state index in [4.69, 9.17) is 0 Å². The van der Waals surface area contributed by atoms with Crippen LogP contribution >= 0.6 is 0 Å². The summed E-state index contributed by atoms with van der Waals surface area (Å²) in [6, 6.07) is 15.7. The van der Waals surface area contributed by atoms with Crippen molar-refractivity contribution in [2.45, 2.75) is 0 Å². The maximum absolute atomic E-state index is 12.8. The van der Waals surface area contributed by atoms with Gasteiger partial charge >= 0.3 is 6.03 Å². The van der Waals surface area contributed by atoms with Crippen molar-refractivity contribution in [3.05, 3.63) is 67.8 Å². The summed E-state index contributed by atoms with van der Waals surface area (Å²) in [5, 5.41) is 3.40. The van der Waals surface area contributed by atoms with Crippen LogP contribution in [0.25, 0.3) is 0 Å². The van der Waals surface area contributed by atoms with Gasteiger partial charge in [0.2, 0.25) is 5.71 Å². The largest absolute Gasteiger partial charge is 0.391 e. The molecule has 4 amide bonds. The number of anilines is 2. The van der Waals surface area contributed by atoms with E-state index in [1.807, 2.05) is 0 Å². The fourth-order valence-corrected chi connectivity index (χ4v) is 2.33. The minimum atomic E-state index is -0.868. The van der Waals surface area contributed by atoms with Crippen molar-refractivity contribution in [2.24, 2.45) is 5.16 Å². The van der Waals surface area contributed by atoms with E-state index in [2.05, 4.69) is 17.1 Å². The van der Waals surface area contributed by atoms with Gasteiger partial charge in [-0.3, -0.25) is 9.59 Å². The van der Waals surface area contributed by atoms with E-state index in [0.29, 0.717) is 11.4 Å². The molecule has 2 aromatic carbocycles. The fraction of sp³-hybridized carbons (Fsp3) is 0. The minimum Gasteiger partial charge on any atom is -0.391 e. The average molecular weight is 322 g/mol. The molecule has 1 fully saturated rings. The molecule has 1 saturated heterocycles. The zero-order valence-corrected chi connectivity index (χ0v) is 12.5. The Morgan fingerprint density at radius 3 is 1.54 bits per heavy atom. The highest BCUT2D eigenvalue weighted by Gasteiger charge is 2.45. The molecule has 119 valence electrons. The zero-order chi connectivity index (χ0) is 17.1. The summed E-state index contributed by atoms with van der Waals surface area (Å²) in [5.41, 5.74) is 0.104. The third-order valence-corrected chi connectivity index (χ3v) is 3.38. The van der Waals surface area contributed by atoms with Gasteiger partial charge in [-0.2, -0.15) is 0 Å². The Labute approximate surface area is 137 Å². The summed E-state index contributed by atoms with van der Waals surface area (Å²) in [6.07, 6.45) is 0. The molecule has 0 aliphatic carbocycles. The molecule has 0 aromatic heterocycles. The third-order valence-electron chi connectivity index (χ3n) is 3.38. The highest BCUT2D eigenvalue weighted by atomic mass is 16.6. The van der Waals surface area contributed by atoms with Gasteiger partial charge in [-0.1, -0.05) is 41.6 Å². The van der Waals surface area contributed by atoms with Gasteiger partial charge in [0.05, 0.1) is 11.4 Å². The number of carbonyl (C=O) groups is 3. The van der Waals surface area contributed by atoms with E-state index in [9.17, 15) is 14.4 Å². The van der Waals surface area contributed by atoms with Gasteiger partial charge < -0.3 is 4.84 Å². The Morgan fingerprint density at radius 1 is 0.750 bits per heavy atom. The Balaban J connectivity index is 2.14. The van der Waals surface area contributed by atoms with E-state index >= 15 is 0 Å². The number of benzene rings is 2. The first-order valence-corrected chi connectivity index (χ1v) is 6.97. The Hall–Kier alpha value is -3.48. The van der Waals surface area contributed by atoms with Crippen molar-refractivity contribution in [1.82, 2.24) is 0 Å². The van der Waals surface area contributed by atoms with Crippen LogP contribution in [-0.2, 0) is 14.4 Å². The van der Waals surface area contributed by atoms with Crippen molar-refractivity contribution in [1.29, 1.82) is 0 Å². The van der Waals surface area contributed by atoms with Crippen LogP contribution in [0.3, 0.4) is 0 Å². The van der Waals surface area contributed by atoms with Crippen LogP contribution in [-0.4, -0.2) is 23.6 Å². The normalized spacial score (nSPS) is 14.9. The molecule has 3 rings (SSSR count). The second-order valence-corrected chi connectivity index (χ2v) is 4.80. The standard InChI is InChI=1S/C17H12N3O4/c1-24-18-14-15(21)19(12-8-4-2-5-9-12)17(23)20(16(14)22)13-10-6-3-7-11-13/h2-11H,1H2. The highest BCUT2D eigenvalue weighted by molar-refractivity contribution is 6.76. The van der Waals surface area contributed by atoms with E-state index in [0.717, 1.165) is 9.80 Å². The van der Waals surface area contributed by atoms with Crippen LogP contribution in [0.4, 0.5) is 16.2 Å². The second kappa shape index (κ2) is 6.33. The fourth-order valence-electron chi connectivity index (χ4n) is 2.33. The minimum absolute atomic E-state index is 0.317. The number of nitrogens with zero attached hydrogens (tertiary/aromatic N) is 3. The average Bonchev–Trinajstić information content (AvgIpc) is 2.61. The van der Waals surface area contributed by atoms with Gasteiger partial charge in [-0.15, -0.1) is 0 Å². The van der Waals surface area contributed by atoms with E-state index in [1.165, 1.54) is 0 Å². The van der Waals surface area contributed by atoms with Gasteiger partial charge in [0.25, 0.3) is 11.8 Å². The predicted octanol–water partition coefficient (Wildman–Crippen LogP) is 2.35. The zero-order valence-electron chi connectivity index (χ0n) is 12.5. The molecule has 0 bridgehead atoms. The third kappa shape index (κ3) is 2.52. The summed E-state index contributed by atoms with van der Waals surface area (Å²) in [7, 11) is 3.05. The number of hydrogen-bond donors (Lipinski definition) is 0. The lowest BCUT2D eigenvalue weighted by Gasteiger charge is -2.32. The van der Waals surface area contributed by atoms with Crippen LogP contribution in [0.2, 0.25) is 0 Å². The molecule has 0 N–H and O–H groups in total. The molecule has 1 aliphatic heterocycles. The topological polar surface area (TPSA) is 79.3 Å². The van der Waals surface area contributed by atoms with Crippen LogP contribution in [0.15, 0.2) is 65.8 Å². The summed E-state index contributed by atoms with van der Waals surface area (Å²) in [6.45, 7) is 0. The summed E-state index contributed by atoms with van der Waals surface area (Å²) in [4.78, 5) is 44.0. The van der Waals surface area contributed by atoms with Crippen LogP contribution in [0, 0.1) is 7.11 Å². The first-order chi connectivity index (χ1) is 11.6. The predicted molar refractivity (Wildman–Crippen MR) is 87.1 cm³/mol. The van der Waals surface area contributed by atoms with E-state index < -0.39 is 23.6 Å². The molecular weight excluding hydrogens is 310 g/mol. The molecule has 1 radical (unpaired) electrons. The number of oxime groups is 1. The Bertz CT molecular complexity index is 755. The molecule has 0 unspecified atom stereocenters. The molecule has 0 spiro atoms. The SMILES string of the molecule is [CH2]ON=C1C(=O)N(c2ccccc2)C(=O)N(c2ccccc2)C1=O. The van der Waals surface area contributed by atoms with Gasteiger partial charge in [0.15, 0.2) is 7.11 Å². The van der Waals surface area contributed by atoms with Gasteiger partial charge in [0, 0.05) is 0 Å². The Morgan fingerprint density at radius 2 is 1.17 bits per heavy atom. The lowest BCUT2D eigenvalue weighted by atomic mass is 10.1. The lowest BCUT2D eigenvalue weighted by molar-refractivity contribution is -0.117. The molecule has 0 atom stereocenters.